The Hall–Kier alpha value is -1.51. The fraction of sp³-hybridized carbons (Fsp3) is 0.462. The maximum absolute atomic E-state index is 10.7. The lowest BCUT2D eigenvalue weighted by Crippen LogP contribution is -2.10. The molecule has 1 atom stereocenters. The van der Waals surface area contributed by atoms with Gasteiger partial charge < -0.3 is 9.84 Å². The minimum atomic E-state index is -0.785. The van der Waals surface area contributed by atoms with Crippen molar-refractivity contribution in [2.45, 2.75) is 39.2 Å². The van der Waals surface area contributed by atoms with Gasteiger partial charge in [0.2, 0.25) is 0 Å². The molecule has 1 rings (SSSR count). The third kappa shape index (κ3) is 3.57. The summed E-state index contributed by atoms with van der Waals surface area (Å²) in [6.45, 7) is 5.81. The van der Waals surface area contributed by atoms with Crippen molar-refractivity contribution in [2.24, 2.45) is 0 Å². The van der Waals surface area contributed by atoms with E-state index in [4.69, 9.17) is 9.84 Å². The number of para-hydroxylation sites is 1. The van der Waals surface area contributed by atoms with E-state index in [2.05, 4.69) is 0 Å². The first-order valence-electron chi connectivity index (χ1n) is 5.48. The third-order valence-corrected chi connectivity index (χ3v) is 2.29. The van der Waals surface area contributed by atoms with Crippen LogP contribution in [0.15, 0.2) is 24.3 Å². The van der Waals surface area contributed by atoms with Gasteiger partial charge in [0.05, 0.1) is 12.5 Å². The molecule has 1 unspecified atom stereocenters. The average Bonchev–Trinajstić information content (AvgIpc) is 2.16. The lowest BCUT2D eigenvalue weighted by Gasteiger charge is -2.17. The Morgan fingerprint density at radius 3 is 2.50 bits per heavy atom. The third-order valence-electron chi connectivity index (χ3n) is 2.29. The number of hydrogen-bond acceptors (Lipinski definition) is 2. The van der Waals surface area contributed by atoms with Gasteiger partial charge in [-0.3, -0.25) is 4.79 Å². The smallest absolute Gasteiger partial charge is 0.303 e. The first-order chi connectivity index (χ1) is 7.50. The average molecular weight is 222 g/mol. The number of rotatable bonds is 5. The minimum absolute atomic E-state index is 0.0348. The summed E-state index contributed by atoms with van der Waals surface area (Å²) in [6, 6.07) is 7.61. The molecule has 1 aromatic rings. The van der Waals surface area contributed by atoms with Gasteiger partial charge in [-0.2, -0.15) is 0 Å². The van der Waals surface area contributed by atoms with Crippen molar-refractivity contribution in [1.29, 1.82) is 0 Å². The van der Waals surface area contributed by atoms with E-state index < -0.39 is 5.97 Å². The van der Waals surface area contributed by atoms with Crippen molar-refractivity contribution < 1.29 is 14.6 Å². The highest BCUT2D eigenvalue weighted by Crippen LogP contribution is 2.29. The van der Waals surface area contributed by atoms with Crippen LogP contribution in [-0.4, -0.2) is 17.2 Å². The molecule has 0 bridgehead atoms. The zero-order valence-corrected chi connectivity index (χ0v) is 9.93. The molecule has 0 radical (unpaired) electrons. The van der Waals surface area contributed by atoms with Gasteiger partial charge in [0.1, 0.15) is 5.75 Å². The normalized spacial score (nSPS) is 12.5. The van der Waals surface area contributed by atoms with Crippen molar-refractivity contribution in [1.82, 2.24) is 0 Å². The Kier molecular flexibility index (Phi) is 4.35. The molecule has 0 heterocycles. The summed E-state index contributed by atoms with van der Waals surface area (Å²) < 4.78 is 5.66. The summed E-state index contributed by atoms with van der Waals surface area (Å²) in [5.74, 6) is -0.0365. The summed E-state index contributed by atoms with van der Waals surface area (Å²) in [7, 11) is 0. The highest BCUT2D eigenvalue weighted by molar-refractivity contribution is 5.68. The van der Waals surface area contributed by atoms with Crippen LogP contribution in [0.5, 0.6) is 5.75 Å². The number of benzene rings is 1. The second kappa shape index (κ2) is 5.54. The fourth-order valence-electron chi connectivity index (χ4n) is 1.62. The molecule has 0 amide bonds. The van der Waals surface area contributed by atoms with Crippen LogP contribution in [0.4, 0.5) is 0 Å². The lowest BCUT2D eigenvalue weighted by atomic mass is 9.97. The van der Waals surface area contributed by atoms with E-state index in [-0.39, 0.29) is 18.4 Å². The SMILES string of the molecule is CC(C)Oc1ccccc1C(C)CC(=O)O. The zero-order valence-electron chi connectivity index (χ0n) is 9.93. The second-order valence-corrected chi connectivity index (χ2v) is 4.20. The standard InChI is InChI=1S/C13H18O3/c1-9(2)16-12-7-5-4-6-11(12)10(3)8-13(14)15/h4-7,9-10H,8H2,1-3H3,(H,14,15). The Labute approximate surface area is 96.1 Å². The van der Waals surface area contributed by atoms with Gasteiger partial charge in [-0.25, -0.2) is 0 Å². The molecule has 3 heteroatoms. The number of carboxylic acid groups (broad SMARTS) is 1. The second-order valence-electron chi connectivity index (χ2n) is 4.20. The monoisotopic (exact) mass is 222 g/mol. The van der Waals surface area contributed by atoms with E-state index in [9.17, 15) is 4.79 Å². The molecule has 0 fully saturated rings. The molecular weight excluding hydrogens is 204 g/mol. The van der Waals surface area contributed by atoms with Crippen LogP contribution in [0, 0.1) is 0 Å². The molecule has 0 aliphatic heterocycles. The number of aliphatic carboxylic acids is 1. The van der Waals surface area contributed by atoms with Crippen molar-refractivity contribution in [2.75, 3.05) is 0 Å². The van der Waals surface area contributed by atoms with Crippen molar-refractivity contribution >= 4 is 5.97 Å². The number of hydrogen-bond donors (Lipinski definition) is 1. The summed E-state index contributed by atoms with van der Waals surface area (Å²) in [6.07, 6.45) is 0.219. The van der Waals surface area contributed by atoms with Crippen LogP contribution in [0.3, 0.4) is 0 Å². The van der Waals surface area contributed by atoms with Gasteiger partial charge >= 0.3 is 5.97 Å². The molecule has 0 aromatic heterocycles. The minimum Gasteiger partial charge on any atom is -0.491 e. The van der Waals surface area contributed by atoms with Gasteiger partial charge in [0, 0.05) is 0 Å². The van der Waals surface area contributed by atoms with Gasteiger partial charge in [0.25, 0.3) is 0 Å². The Balaban J connectivity index is 2.89. The van der Waals surface area contributed by atoms with E-state index in [0.29, 0.717) is 0 Å². The summed E-state index contributed by atoms with van der Waals surface area (Å²) >= 11 is 0. The van der Waals surface area contributed by atoms with Crippen LogP contribution >= 0.6 is 0 Å². The van der Waals surface area contributed by atoms with Crippen LogP contribution in [0.25, 0.3) is 0 Å². The van der Waals surface area contributed by atoms with Gasteiger partial charge in [0.15, 0.2) is 0 Å². The van der Waals surface area contributed by atoms with E-state index in [1.807, 2.05) is 45.0 Å². The van der Waals surface area contributed by atoms with Crippen LogP contribution in [0.1, 0.15) is 38.7 Å². The largest absolute Gasteiger partial charge is 0.491 e. The Morgan fingerprint density at radius 2 is 1.94 bits per heavy atom. The van der Waals surface area contributed by atoms with Gasteiger partial charge in [-0.15, -0.1) is 0 Å². The first kappa shape index (κ1) is 12.6. The first-order valence-corrected chi connectivity index (χ1v) is 5.48. The fourth-order valence-corrected chi connectivity index (χ4v) is 1.62. The molecule has 0 saturated heterocycles. The molecule has 0 saturated carbocycles. The van der Waals surface area contributed by atoms with Crippen LogP contribution in [-0.2, 0) is 4.79 Å². The van der Waals surface area contributed by atoms with Crippen molar-refractivity contribution in [3.63, 3.8) is 0 Å². The molecule has 0 aliphatic rings. The zero-order chi connectivity index (χ0) is 12.1. The van der Waals surface area contributed by atoms with Crippen LogP contribution < -0.4 is 4.74 Å². The predicted molar refractivity (Wildman–Crippen MR) is 62.9 cm³/mol. The highest BCUT2D eigenvalue weighted by Gasteiger charge is 2.15. The summed E-state index contributed by atoms with van der Waals surface area (Å²) in [5, 5.41) is 8.78. The molecule has 1 aromatic carbocycles. The topological polar surface area (TPSA) is 46.5 Å². The molecule has 0 spiro atoms. The van der Waals surface area contributed by atoms with E-state index >= 15 is 0 Å². The predicted octanol–water partition coefficient (Wildman–Crippen LogP) is 3.05. The van der Waals surface area contributed by atoms with Gasteiger partial charge in [-0.05, 0) is 31.4 Å². The molecule has 3 nitrogen and oxygen atoms in total. The van der Waals surface area contributed by atoms with Crippen LogP contribution in [0.2, 0.25) is 0 Å². The van der Waals surface area contributed by atoms with Crippen molar-refractivity contribution in [3.8, 4) is 5.75 Å². The number of carbonyl (C=O) groups is 1. The molecule has 88 valence electrons. The lowest BCUT2D eigenvalue weighted by molar-refractivity contribution is -0.137. The highest BCUT2D eigenvalue weighted by atomic mass is 16.5. The quantitative estimate of drug-likeness (QED) is 0.832. The van der Waals surface area contributed by atoms with Crippen molar-refractivity contribution in [3.05, 3.63) is 29.8 Å². The molecule has 1 N–H and O–H groups in total. The molecular formula is C13H18O3. The maximum atomic E-state index is 10.7. The maximum Gasteiger partial charge on any atom is 0.303 e. The number of carboxylic acids is 1. The van der Waals surface area contributed by atoms with E-state index in [0.717, 1.165) is 11.3 Å². The van der Waals surface area contributed by atoms with E-state index in [1.165, 1.54) is 0 Å². The number of ether oxygens (including phenoxy) is 1. The molecule has 0 aliphatic carbocycles. The summed E-state index contributed by atoms with van der Waals surface area (Å²) in [5.41, 5.74) is 0.957. The van der Waals surface area contributed by atoms with Gasteiger partial charge in [-0.1, -0.05) is 25.1 Å². The summed E-state index contributed by atoms with van der Waals surface area (Å²) in [4.78, 5) is 10.7. The Morgan fingerprint density at radius 1 is 1.31 bits per heavy atom. The Bertz CT molecular complexity index is 358. The van der Waals surface area contributed by atoms with E-state index in [1.54, 1.807) is 0 Å². The molecule has 16 heavy (non-hydrogen) atoms.